The number of aromatic nitrogens is 2. The Morgan fingerprint density at radius 2 is 2.00 bits per heavy atom. The van der Waals surface area contributed by atoms with Crippen molar-refractivity contribution in [2.75, 3.05) is 6.61 Å². The van der Waals surface area contributed by atoms with Gasteiger partial charge in [-0.1, -0.05) is 11.6 Å². The Morgan fingerprint density at radius 3 is 2.64 bits per heavy atom. The van der Waals surface area contributed by atoms with Gasteiger partial charge in [-0.15, -0.1) is 0 Å². The van der Waals surface area contributed by atoms with Gasteiger partial charge in [-0.2, -0.15) is 0 Å². The van der Waals surface area contributed by atoms with Gasteiger partial charge in [0.1, 0.15) is 0 Å². The molecule has 1 aromatic rings. The highest BCUT2D eigenvalue weighted by Gasteiger charge is 2.61. The van der Waals surface area contributed by atoms with Gasteiger partial charge in [-0.25, -0.2) is 4.98 Å². The Balaban J connectivity index is 1.46. The van der Waals surface area contributed by atoms with Crippen molar-refractivity contribution < 1.29 is 14.3 Å². The van der Waals surface area contributed by atoms with Gasteiger partial charge in [0.05, 0.1) is 24.8 Å². The van der Waals surface area contributed by atoms with Crippen LogP contribution in [0.5, 0.6) is 0 Å². The first-order chi connectivity index (χ1) is 10.6. The highest BCUT2D eigenvalue weighted by molar-refractivity contribution is 6.29. The lowest BCUT2D eigenvalue weighted by molar-refractivity contribution is -0.146. The molecule has 0 bridgehead atoms. The van der Waals surface area contributed by atoms with Crippen LogP contribution in [0.15, 0.2) is 12.4 Å². The van der Waals surface area contributed by atoms with Crippen molar-refractivity contribution in [3.8, 4) is 0 Å². The topological polar surface area (TPSA) is 81.2 Å². The minimum absolute atomic E-state index is 0.00321. The van der Waals surface area contributed by atoms with Crippen LogP contribution in [0.2, 0.25) is 5.15 Å². The molecule has 1 amide bonds. The first kappa shape index (κ1) is 15.2. The quantitative estimate of drug-likeness (QED) is 0.832. The van der Waals surface area contributed by atoms with E-state index in [9.17, 15) is 9.59 Å². The number of ether oxygens (including phenoxy) is 1. The van der Waals surface area contributed by atoms with E-state index >= 15 is 0 Å². The normalized spacial score (nSPS) is 28.8. The van der Waals surface area contributed by atoms with E-state index in [1.54, 1.807) is 6.20 Å². The smallest absolute Gasteiger partial charge is 0.309 e. The molecular weight excluding hydrogens is 306 g/mol. The molecule has 0 aliphatic heterocycles. The predicted octanol–water partition coefficient (Wildman–Crippen LogP) is 1.58. The van der Waals surface area contributed by atoms with Gasteiger partial charge >= 0.3 is 5.97 Å². The number of halogens is 1. The second kappa shape index (κ2) is 6.20. The Labute approximate surface area is 133 Å². The highest BCUT2D eigenvalue weighted by Crippen LogP contribution is 2.60. The molecule has 0 aromatic carbocycles. The first-order valence-electron chi connectivity index (χ1n) is 7.51. The van der Waals surface area contributed by atoms with Gasteiger partial charge < -0.3 is 10.1 Å². The summed E-state index contributed by atoms with van der Waals surface area (Å²) >= 11 is 5.90. The maximum atomic E-state index is 12.2. The van der Waals surface area contributed by atoms with E-state index in [4.69, 9.17) is 16.3 Å². The molecule has 7 heteroatoms. The zero-order chi connectivity index (χ0) is 15.7. The number of hydrogen-bond acceptors (Lipinski definition) is 5. The summed E-state index contributed by atoms with van der Waals surface area (Å²) in [6.45, 7) is 2.50. The molecule has 22 heavy (non-hydrogen) atoms. The number of fused-ring (bicyclic) bond motifs is 1. The van der Waals surface area contributed by atoms with Gasteiger partial charge in [0.25, 0.3) is 0 Å². The van der Waals surface area contributed by atoms with Crippen LogP contribution in [-0.2, 0) is 20.9 Å². The Kier molecular flexibility index (Phi) is 4.29. The Morgan fingerprint density at radius 1 is 1.32 bits per heavy atom. The second-order valence-corrected chi connectivity index (χ2v) is 6.14. The molecule has 1 aromatic heterocycles. The molecule has 2 atom stereocenters. The summed E-state index contributed by atoms with van der Waals surface area (Å²) < 4.78 is 5.05. The van der Waals surface area contributed by atoms with Crippen LogP contribution in [0.1, 0.15) is 25.5 Å². The minimum Gasteiger partial charge on any atom is -0.466 e. The minimum atomic E-state index is -0.109. The fourth-order valence-electron chi connectivity index (χ4n) is 3.43. The number of nitrogens with zero attached hydrogens (tertiary/aromatic N) is 2. The van der Waals surface area contributed by atoms with Crippen molar-refractivity contribution in [2.45, 2.75) is 26.3 Å². The van der Waals surface area contributed by atoms with Gasteiger partial charge in [0.2, 0.25) is 5.91 Å². The van der Waals surface area contributed by atoms with E-state index in [2.05, 4.69) is 15.3 Å². The number of carbonyl (C=O) groups excluding carboxylic acids is 2. The summed E-state index contributed by atoms with van der Waals surface area (Å²) in [5.41, 5.74) is 0.560. The molecule has 2 aliphatic rings. The van der Waals surface area contributed by atoms with E-state index in [0.29, 0.717) is 29.3 Å². The summed E-state index contributed by atoms with van der Waals surface area (Å²) in [7, 11) is 0. The van der Waals surface area contributed by atoms with Gasteiger partial charge in [0.15, 0.2) is 5.15 Å². The summed E-state index contributed by atoms with van der Waals surface area (Å²) in [5, 5.41) is 3.16. The molecule has 0 spiro atoms. The van der Waals surface area contributed by atoms with Crippen molar-refractivity contribution >= 4 is 23.5 Å². The Hall–Kier alpha value is -1.69. The van der Waals surface area contributed by atoms with Crippen LogP contribution >= 0.6 is 11.6 Å². The van der Waals surface area contributed by atoms with Crippen molar-refractivity contribution in [2.24, 2.45) is 23.7 Å². The number of esters is 1. The Bertz CT molecular complexity index is 583. The van der Waals surface area contributed by atoms with Crippen LogP contribution in [0.3, 0.4) is 0 Å². The number of carbonyl (C=O) groups is 2. The third-order valence-electron chi connectivity index (χ3n) is 4.53. The van der Waals surface area contributed by atoms with E-state index < -0.39 is 0 Å². The number of amides is 1. The molecule has 6 nitrogen and oxygen atoms in total. The van der Waals surface area contributed by atoms with E-state index in [-0.39, 0.29) is 30.3 Å². The van der Waals surface area contributed by atoms with Crippen molar-refractivity contribution in [1.29, 1.82) is 0 Å². The number of hydrogen-bond donors (Lipinski definition) is 1. The summed E-state index contributed by atoms with van der Waals surface area (Å²) in [5.74, 6) is 0.499. The monoisotopic (exact) mass is 323 g/mol. The lowest BCUT2D eigenvalue weighted by atomic mass is 9.99. The molecule has 0 saturated heterocycles. The van der Waals surface area contributed by atoms with Crippen LogP contribution in [0, 0.1) is 23.7 Å². The van der Waals surface area contributed by atoms with Crippen LogP contribution in [0.4, 0.5) is 0 Å². The van der Waals surface area contributed by atoms with E-state index in [1.165, 1.54) is 6.20 Å². The third kappa shape index (κ3) is 2.92. The number of nitrogens with one attached hydrogen (secondary N) is 1. The average Bonchev–Trinajstić information content (AvgIpc) is 3.01. The molecule has 0 radical (unpaired) electrons. The lowest BCUT2D eigenvalue weighted by Gasteiger charge is -2.14. The van der Waals surface area contributed by atoms with Gasteiger partial charge in [-0.3, -0.25) is 14.6 Å². The molecule has 118 valence electrons. The molecule has 1 N–H and O–H groups in total. The van der Waals surface area contributed by atoms with Crippen molar-refractivity contribution in [3.05, 3.63) is 23.2 Å². The molecule has 2 aliphatic carbocycles. The van der Waals surface area contributed by atoms with Crippen LogP contribution in [-0.4, -0.2) is 28.5 Å². The fraction of sp³-hybridized carbons (Fsp3) is 0.600. The summed E-state index contributed by atoms with van der Waals surface area (Å²) in [4.78, 5) is 31.9. The number of rotatable bonds is 5. The molecule has 3 rings (SSSR count). The summed E-state index contributed by atoms with van der Waals surface area (Å²) in [6, 6.07) is 0. The standard InChI is InChI=1S/C15H18ClN3O3/c1-2-22-15(21)12-9-5-8(6-10(9)12)14(20)19-7-11-13(16)18-4-3-17-11/h3-4,8-10,12H,2,5-7H2,1H3,(H,19,20). The highest BCUT2D eigenvalue weighted by atomic mass is 35.5. The molecule has 2 saturated carbocycles. The van der Waals surface area contributed by atoms with E-state index in [0.717, 1.165) is 12.8 Å². The largest absolute Gasteiger partial charge is 0.466 e. The van der Waals surface area contributed by atoms with Crippen LogP contribution < -0.4 is 5.32 Å². The van der Waals surface area contributed by atoms with Crippen molar-refractivity contribution in [3.63, 3.8) is 0 Å². The molecule has 2 fully saturated rings. The average molecular weight is 324 g/mol. The predicted molar refractivity (Wildman–Crippen MR) is 78.7 cm³/mol. The summed E-state index contributed by atoms with van der Waals surface area (Å²) in [6.07, 6.45) is 4.57. The fourth-order valence-corrected chi connectivity index (χ4v) is 3.60. The third-order valence-corrected chi connectivity index (χ3v) is 4.84. The maximum Gasteiger partial charge on any atom is 0.309 e. The van der Waals surface area contributed by atoms with Crippen LogP contribution in [0.25, 0.3) is 0 Å². The molecule has 2 unspecified atom stereocenters. The van der Waals surface area contributed by atoms with Gasteiger partial charge in [0, 0.05) is 18.3 Å². The first-order valence-corrected chi connectivity index (χ1v) is 7.89. The lowest BCUT2D eigenvalue weighted by Crippen LogP contribution is -2.30. The second-order valence-electron chi connectivity index (χ2n) is 5.79. The molecule has 1 heterocycles. The van der Waals surface area contributed by atoms with E-state index in [1.807, 2.05) is 6.92 Å². The zero-order valence-electron chi connectivity index (χ0n) is 12.3. The maximum absolute atomic E-state index is 12.2. The van der Waals surface area contributed by atoms with Crippen molar-refractivity contribution in [1.82, 2.24) is 15.3 Å². The SMILES string of the molecule is CCOC(=O)C1C2CC(C(=O)NCc3nccnc3Cl)CC21. The zero-order valence-corrected chi connectivity index (χ0v) is 13.0. The molecular formula is C15H18ClN3O3. The van der Waals surface area contributed by atoms with Gasteiger partial charge in [-0.05, 0) is 31.6 Å².